The minimum absolute atomic E-state index is 0.193. The van der Waals surface area contributed by atoms with Gasteiger partial charge >= 0.3 is 42.0 Å². The Labute approximate surface area is 238 Å². The van der Waals surface area contributed by atoms with Crippen LogP contribution in [0.25, 0.3) is 11.4 Å². The van der Waals surface area contributed by atoms with Crippen LogP contribution in [0.4, 0.5) is 52.7 Å². The fourth-order valence-electron chi connectivity index (χ4n) is 3.78. The van der Waals surface area contributed by atoms with Gasteiger partial charge in [0.25, 0.3) is 0 Å². The number of benzene rings is 1. The van der Waals surface area contributed by atoms with Crippen molar-refractivity contribution < 1.29 is 62.2 Å². The van der Waals surface area contributed by atoms with Gasteiger partial charge in [0.2, 0.25) is 0 Å². The zero-order chi connectivity index (χ0) is 32.7. The van der Waals surface area contributed by atoms with E-state index in [2.05, 4.69) is 21.6 Å². The number of unbranched alkanes of at least 4 members (excludes halogenated alkanes) is 6. The molecule has 242 valence electrons. The van der Waals surface area contributed by atoms with E-state index in [1.165, 1.54) is 31.4 Å². The summed E-state index contributed by atoms with van der Waals surface area (Å²) in [5, 5.41) is 0. The van der Waals surface area contributed by atoms with Crippen LogP contribution in [-0.2, 0) is 11.2 Å². The molecule has 1 aromatic carbocycles. The lowest BCUT2D eigenvalue weighted by atomic mass is 9.94. The van der Waals surface area contributed by atoms with Crippen LogP contribution in [0.5, 0.6) is 0 Å². The average Bonchev–Trinajstić information content (AvgIpc) is 2.95. The number of halogens is 12. The molecule has 0 bridgehead atoms. The Morgan fingerprint density at radius 2 is 1.26 bits per heavy atom. The quantitative estimate of drug-likeness (QED) is 0.0984. The fourth-order valence-corrected chi connectivity index (χ4v) is 3.78. The lowest BCUT2D eigenvalue weighted by molar-refractivity contribution is -0.414. The Bertz CT molecular complexity index is 1170. The Morgan fingerprint density at radius 1 is 0.744 bits per heavy atom. The van der Waals surface area contributed by atoms with E-state index in [1.807, 2.05) is 0 Å². The maximum absolute atomic E-state index is 13.9. The van der Waals surface area contributed by atoms with Gasteiger partial charge in [-0.05, 0) is 30.5 Å². The number of nitrogens with zero attached hydrogens (tertiary/aromatic N) is 2. The van der Waals surface area contributed by atoms with Crippen molar-refractivity contribution in [1.29, 1.82) is 0 Å². The summed E-state index contributed by atoms with van der Waals surface area (Å²) in [4.78, 5) is 20.4. The highest BCUT2D eigenvalue weighted by Crippen LogP contribution is 2.58. The third-order valence-corrected chi connectivity index (χ3v) is 6.48. The molecule has 0 saturated heterocycles. The summed E-state index contributed by atoms with van der Waals surface area (Å²) < 4.78 is 163. The molecule has 2 aromatic rings. The molecule has 0 aliphatic heterocycles. The predicted molar refractivity (Wildman–Crippen MR) is 130 cm³/mol. The van der Waals surface area contributed by atoms with Gasteiger partial charge in [-0.15, -0.1) is 0 Å². The first-order valence-corrected chi connectivity index (χ1v) is 13.1. The topological polar surface area (TPSA) is 52.1 Å². The van der Waals surface area contributed by atoms with Gasteiger partial charge in [0.05, 0.1) is 5.56 Å². The van der Waals surface area contributed by atoms with Crippen molar-refractivity contribution in [3.05, 3.63) is 47.8 Å². The van der Waals surface area contributed by atoms with Crippen LogP contribution < -0.4 is 0 Å². The minimum Gasteiger partial charge on any atom is -0.455 e. The van der Waals surface area contributed by atoms with E-state index < -0.39 is 54.2 Å². The number of aryl methyl sites for hydroxylation is 1. The van der Waals surface area contributed by atoms with E-state index in [0.717, 1.165) is 49.8 Å². The number of esters is 1. The smallest absolute Gasteiger partial charge is 0.384 e. The second-order valence-electron chi connectivity index (χ2n) is 9.79. The van der Waals surface area contributed by atoms with Crippen molar-refractivity contribution in [1.82, 2.24) is 9.97 Å². The standard InChI is InChI=1S/C27H28F12N2O2/c1-2-3-4-5-6-7-8-9-17-14-40-20(41-15-17)18-10-12-19(13-11-18)21(42)43-16-23(30,31)25(34,35)27(38,39)26(36,37)24(32,33)22(28)29/h10-15,22H,2-9,16H2,1H3. The van der Waals surface area contributed by atoms with Crippen molar-refractivity contribution >= 4 is 5.97 Å². The van der Waals surface area contributed by atoms with Crippen molar-refractivity contribution in [2.24, 2.45) is 0 Å². The Morgan fingerprint density at radius 3 is 1.77 bits per heavy atom. The van der Waals surface area contributed by atoms with Crippen LogP contribution in [0.3, 0.4) is 0 Å². The minimum atomic E-state index is -7.69. The third-order valence-electron chi connectivity index (χ3n) is 6.48. The van der Waals surface area contributed by atoms with Crippen LogP contribution >= 0.6 is 0 Å². The van der Waals surface area contributed by atoms with Crippen molar-refractivity contribution in [3.8, 4) is 11.4 Å². The molecule has 0 aliphatic carbocycles. The monoisotopic (exact) mass is 640 g/mol. The largest absolute Gasteiger partial charge is 0.455 e. The molecule has 0 fully saturated rings. The molecular formula is C27H28F12N2O2. The molecule has 1 aromatic heterocycles. The normalized spacial score (nSPS) is 13.4. The van der Waals surface area contributed by atoms with Gasteiger partial charge in [0.15, 0.2) is 12.4 Å². The van der Waals surface area contributed by atoms with Gasteiger partial charge in [0, 0.05) is 18.0 Å². The number of rotatable bonds is 17. The van der Waals surface area contributed by atoms with Crippen LogP contribution in [0.2, 0.25) is 0 Å². The second-order valence-corrected chi connectivity index (χ2v) is 9.79. The second kappa shape index (κ2) is 14.1. The number of ether oxygens (including phenoxy) is 1. The maximum Gasteiger partial charge on any atom is 0.384 e. The molecule has 0 saturated carbocycles. The molecule has 0 atom stereocenters. The molecule has 1 heterocycles. The number of carbonyl (C=O) groups excluding carboxylic acids is 1. The van der Waals surface area contributed by atoms with E-state index in [1.54, 1.807) is 12.4 Å². The van der Waals surface area contributed by atoms with Gasteiger partial charge in [-0.2, -0.15) is 43.9 Å². The number of hydrogen-bond acceptors (Lipinski definition) is 4. The Hall–Kier alpha value is -3.07. The summed E-state index contributed by atoms with van der Waals surface area (Å²) in [5.41, 5.74) is 0.606. The van der Waals surface area contributed by atoms with E-state index in [-0.39, 0.29) is 5.82 Å². The highest BCUT2D eigenvalue weighted by atomic mass is 19.4. The molecule has 4 nitrogen and oxygen atoms in total. The number of alkyl halides is 12. The van der Waals surface area contributed by atoms with Gasteiger partial charge in [-0.3, -0.25) is 0 Å². The molecular weight excluding hydrogens is 612 g/mol. The van der Waals surface area contributed by atoms with Crippen LogP contribution in [0.15, 0.2) is 36.7 Å². The molecule has 2 rings (SSSR count). The molecule has 16 heteroatoms. The zero-order valence-electron chi connectivity index (χ0n) is 22.7. The maximum atomic E-state index is 13.9. The Kier molecular flexibility index (Phi) is 11.9. The first-order chi connectivity index (χ1) is 19.8. The number of hydrogen-bond donors (Lipinski definition) is 0. The summed E-state index contributed by atoms with van der Waals surface area (Å²) in [5.74, 6) is -37.8. The van der Waals surface area contributed by atoms with Crippen molar-refractivity contribution in [2.45, 2.75) is 94.3 Å². The summed E-state index contributed by atoms with van der Waals surface area (Å²) in [6.07, 6.45) is 6.17. The molecule has 0 amide bonds. The van der Waals surface area contributed by atoms with E-state index in [0.29, 0.717) is 5.56 Å². The van der Waals surface area contributed by atoms with Gasteiger partial charge in [-0.25, -0.2) is 23.5 Å². The highest BCUT2D eigenvalue weighted by molar-refractivity contribution is 5.90. The SMILES string of the molecule is CCCCCCCCCc1cnc(-c2ccc(C(=O)OCC(F)(F)C(F)(F)C(F)(F)C(F)(F)C(F)(F)C(F)F)cc2)nc1. The molecule has 43 heavy (non-hydrogen) atoms. The average molecular weight is 641 g/mol. The summed E-state index contributed by atoms with van der Waals surface area (Å²) in [7, 11) is 0. The predicted octanol–water partition coefficient (Wildman–Crippen LogP) is 9.04. The zero-order valence-corrected chi connectivity index (χ0v) is 22.7. The van der Waals surface area contributed by atoms with Crippen LogP contribution in [-0.4, -0.2) is 58.6 Å². The van der Waals surface area contributed by atoms with Crippen LogP contribution in [0.1, 0.15) is 67.8 Å². The number of carbonyl (C=O) groups is 1. The molecule has 0 N–H and O–H groups in total. The lowest BCUT2D eigenvalue weighted by Crippen LogP contribution is -2.69. The van der Waals surface area contributed by atoms with Gasteiger partial charge in [0.1, 0.15) is 0 Å². The molecule has 0 spiro atoms. The van der Waals surface area contributed by atoms with E-state index in [4.69, 9.17) is 0 Å². The first-order valence-electron chi connectivity index (χ1n) is 13.1. The third kappa shape index (κ3) is 7.91. The van der Waals surface area contributed by atoms with E-state index in [9.17, 15) is 57.5 Å². The first kappa shape index (κ1) is 36.1. The number of aromatic nitrogens is 2. The lowest BCUT2D eigenvalue weighted by Gasteiger charge is -2.38. The fraction of sp³-hybridized carbons (Fsp3) is 0.593. The van der Waals surface area contributed by atoms with Gasteiger partial charge in [-0.1, -0.05) is 57.6 Å². The van der Waals surface area contributed by atoms with Gasteiger partial charge < -0.3 is 4.74 Å². The molecule has 0 radical (unpaired) electrons. The summed E-state index contributed by atoms with van der Waals surface area (Å²) in [6.45, 7) is -0.842. The Balaban J connectivity index is 2.01. The van der Waals surface area contributed by atoms with Crippen LogP contribution in [0, 0.1) is 0 Å². The highest BCUT2D eigenvalue weighted by Gasteiger charge is 2.87. The molecule has 0 unspecified atom stereocenters. The van der Waals surface area contributed by atoms with Crippen molar-refractivity contribution in [2.75, 3.05) is 6.61 Å². The summed E-state index contributed by atoms with van der Waals surface area (Å²) >= 11 is 0. The molecule has 0 aliphatic rings. The van der Waals surface area contributed by atoms with Crippen molar-refractivity contribution in [3.63, 3.8) is 0 Å². The summed E-state index contributed by atoms with van der Waals surface area (Å²) in [6, 6.07) is 4.29. The van der Waals surface area contributed by atoms with E-state index >= 15 is 0 Å².